The van der Waals surface area contributed by atoms with Crippen molar-refractivity contribution in [3.8, 4) is 11.5 Å². The minimum Gasteiger partial charge on any atom is -0.497 e. The lowest BCUT2D eigenvalue weighted by molar-refractivity contribution is -0.122. The molecule has 0 aliphatic carbocycles. The maximum Gasteiger partial charge on any atom is 0.337 e. The molecule has 6 nitrogen and oxygen atoms in total. The number of nitrogens with one attached hydrogen (secondary N) is 1. The van der Waals surface area contributed by atoms with Crippen molar-refractivity contribution < 1.29 is 23.8 Å². The van der Waals surface area contributed by atoms with E-state index in [1.807, 2.05) is 0 Å². The van der Waals surface area contributed by atoms with Crippen LogP contribution in [0.4, 0.5) is 5.69 Å². The summed E-state index contributed by atoms with van der Waals surface area (Å²) in [6.07, 6.45) is -0.682. The van der Waals surface area contributed by atoms with E-state index < -0.39 is 12.1 Å². The van der Waals surface area contributed by atoms with Crippen molar-refractivity contribution in [3.63, 3.8) is 0 Å². The lowest BCUT2D eigenvalue weighted by atomic mass is 10.2. The normalized spacial score (nSPS) is 11.3. The van der Waals surface area contributed by atoms with Crippen LogP contribution in [0.2, 0.25) is 0 Å². The van der Waals surface area contributed by atoms with Gasteiger partial charge in [0.2, 0.25) is 0 Å². The van der Waals surface area contributed by atoms with Crippen LogP contribution >= 0.6 is 0 Å². The summed E-state index contributed by atoms with van der Waals surface area (Å²) in [4.78, 5) is 23.5. The van der Waals surface area contributed by atoms with Crippen molar-refractivity contribution in [1.29, 1.82) is 0 Å². The average molecular weight is 329 g/mol. The van der Waals surface area contributed by atoms with E-state index in [9.17, 15) is 9.59 Å². The third kappa shape index (κ3) is 4.49. The Balaban J connectivity index is 1.94. The van der Waals surface area contributed by atoms with E-state index in [4.69, 9.17) is 9.47 Å². The van der Waals surface area contributed by atoms with Gasteiger partial charge in [-0.3, -0.25) is 4.79 Å². The molecule has 126 valence electrons. The third-order valence-electron chi connectivity index (χ3n) is 3.32. The molecular formula is C18H19NO5. The van der Waals surface area contributed by atoms with E-state index in [1.54, 1.807) is 62.6 Å². The number of esters is 1. The van der Waals surface area contributed by atoms with Crippen LogP contribution in [0.15, 0.2) is 48.5 Å². The first kappa shape index (κ1) is 17.3. The zero-order valence-electron chi connectivity index (χ0n) is 13.7. The van der Waals surface area contributed by atoms with E-state index in [0.717, 1.165) is 0 Å². The van der Waals surface area contributed by atoms with Crippen LogP contribution in [0.3, 0.4) is 0 Å². The molecule has 0 aliphatic heterocycles. The molecule has 0 heterocycles. The lowest BCUT2D eigenvalue weighted by Crippen LogP contribution is -2.30. The van der Waals surface area contributed by atoms with Gasteiger partial charge in [0, 0.05) is 5.69 Å². The molecule has 6 heteroatoms. The third-order valence-corrected chi connectivity index (χ3v) is 3.32. The first-order valence-electron chi connectivity index (χ1n) is 7.33. The predicted molar refractivity (Wildman–Crippen MR) is 89.5 cm³/mol. The molecule has 2 rings (SSSR count). The highest BCUT2D eigenvalue weighted by Gasteiger charge is 2.15. The molecule has 1 amide bonds. The smallest absolute Gasteiger partial charge is 0.337 e. The number of rotatable bonds is 6. The molecule has 2 aromatic carbocycles. The van der Waals surface area contributed by atoms with Gasteiger partial charge in [0.1, 0.15) is 11.5 Å². The van der Waals surface area contributed by atoms with Crippen LogP contribution in [0.25, 0.3) is 0 Å². The molecule has 0 radical (unpaired) electrons. The average Bonchev–Trinajstić information content (AvgIpc) is 2.62. The molecule has 0 aliphatic rings. The Labute approximate surface area is 140 Å². The van der Waals surface area contributed by atoms with Crippen molar-refractivity contribution in [3.05, 3.63) is 54.1 Å². The van der Waals surface area contributed by atoms with E-state index in [0.29, 0.717) is 22.7 Å². The van der Waals surface area contributed by atoms with Gasteiger partial charge in [-0.05, 0) is 55.5 Å². The summed E-state index contributed by atoms with van der Waals surface area (Å²) in [7, 11) is 2.90. The predicted octanol–water partition coefficient (Wildman–Crippen LogP) is 2.89. The van der Waals surface area contributed by atoms with Crippen molar-refractivity contribution in [2.24, 2.45) is 0 Å². The Bertz CT molecular complexity index is 694. The second kappa shape index (κ2) is 8.01. The minimum absolute atomic E-state index is 0.295. The molecule has 2 aromatic rings. The topological polar surface area (TPSA) is 73.9 Å². The SMILES string of the molecule is COC(=O)c1ccc(NC(=O)[C@H](C)Oc2ccc(OC)cc2)cc1. The van der Waals surface area contributed by atoms with Crippen molar-refractivity contribution in [1.82, 2.24) is 0 Å². The first-order valence-corrected chi connectivity index (χ1v) is 7.33. The van der Waals surface area contributed by atoms with Gasteiger partial charge in [-0.2, -0.15) is 0 Å². The van der Waals surface area contributed by atoms with Crippen LogP contribution in [-0.4, -0.2) is 32.2 Å². The molecule has 0 aromatic heterocycles. The number of carbonyl (C=O) groups is 2. The number of hydrogen-bond acceptors (Lipinski definition) is 5. The largest absolute Gasteiger partial charge is 0.497 e. The van der Waals surface area contributed by atoms with Crippen molar-refractivity contribution in [2.45, 2.75) is 13.0 Å². The number of hydrogen-bond donors (Lipinski definition) is 1. The van der Waals surface area contributed by atoms with Gasteiger partial charge in [-0.15, -0.1) is 0 Å². The van der Waals surface area contributed by atoms with Crippen LogP contribution in [0.5, 0.6) is 11.5 Å². The van der Waals surface area contributed by atoms with E-state index in [1.165, 1.54) is 7.11 Å². The van der Waals surface area contributed by atoms with E-state index in [-0.39, 0.29) is 5.91 Å². The molecule has 1 atom stereocenters. The highest BCUT2D eigenvalue weighted by atomic mass is 16.5. The first-order chi connectivity index (χ1) is 11.5. The zero-order valence-corrected chi connectivity index (χ0v) is 13.7. The van der Waals surface area contributed by atoms with Crippen LogP contribution in [-0.2, 0) is 9.53 Å². The Morgan fingerprint density at radius 3 is 2.04 bits per heavy atom. The molecule has 0 saturated carbocycles. The standard InChI is InChI=1S/C18H19NO5/c1-12(24-16-10-8-15(22-2)9-11-16)17(20)19-14-6-4-13(5-7-14)18(21)23-3/h4-12H,1-3H3,(H,19,20)/t12-/m0/s1. The second-order valence-corrected chi connectivity index (χ2v) is 4.99. The van der Waals surface area contributed by atoms with E-state index >= 15 is 0 Å². The molecule has 24 heavy (non-hydrogen) atoms. The Morgan fingerprint density at radius 1 is 0.917 bits per heavy atom. The summed E-state index contributed by atoms with van der Waals surface area (Å²) >= 11 is 0. The molecule has 1 N–H and O–H groups in total. The Kier molecular flexibility index (Phi) is 5.78. The quantitative estimate of drug-likeness (QED) is 0.825. The summed E-state index contributed by atoms with van der Waals surface area (Å²) in [5.41, 5.74) is 0.982. The number of carbonyl (C=O) groups excluding carboxylic acids is 2. The van der Waals surface area contributed by atoms with Crippen LogP contribution < -0.4 is 14.8 Å². The summed E-state index contributed by atoms with van der Waals surface area (Å²) in [6.45, 7) is 1.66. The fourth-order valence-electron chi connectivity index (χ4n) is 1.96. The number of methoxy groups -OCH3 is 2. The van der Waals surface area contributed by atoms with E-state index in [2.05, 4.69) is 10.1 Å². The van der Waals surface area contributed by atoms with Crippen molar-refractivity contribution >= 4 is 17.6 Å². The maximum absolute atomic E-state index is 12.2. The number of benzene rings is 2. The fourth-order valence-corrected chi connectivity index (χ4v) is 1.96. The maximum atomic E-state index is 12.2. The van der Waals surface area contributed by atoms with Gasteiger partial charge < -0.3 is 19.5 Å². The Morgan fingerprint density at radius 2 is 1.50 bits per heavy atom. The lowest BCUT2D eigenvalue weighted by Gasteiger charge is -2.15. The van der Waals surface area contributed by atoms with Gasteiger partial charge in [0.15, 0.2) is 6.10 Å². The van der Waals surface area contributed by atoms with Gasteiger partial charge in [0.25, 0.3) is 5.91 Å². The summed E-state index contributed by atoms with van der Waals surface area (Å²) in [5, 5.41) is 2.73. The molecular weight excluding hydrogens is 310 g/mol. The van der Waals surface area contributed by atoms with Gasteiger partial charge in [-0.1, -0.05) is 0 Å². The second-order valence-electron chi connectivity index (χ2n) is 4.99. The monoisotopic (exact) mass is 329 g/mol. The summed E-state index contributed by atoms with van der Waals surface area (Å²) in [5.74, 6) is 0.561. The number of anilines is 1. The van der Waals surface area contributed by atoms with Gasteiger partial charge in [-0.25, -0.2) is 4.79 Å². The molecule has 0 fully saturated rings. The van der Waals surface area contributed by atoms with Gasteiger partial charge >= 0.3 is 5.97 Å². The molecule has 0 saturated heterocycles. The number of ether oxygens (including phenoxy) is 3. The highest BCUT2D eigenvalue weighted by molar-refractivity contribution is 5.95. The Hall–Kier alpha value is -3.02. The molecule has 0 bridgehead atoms. The van der Waals surface area contributed by atoms with Crippen LogP contribution in [0.1, 0.15) is 17.3 Å². The van der Waals surface area contributed by atoms with Crippen LogP contribution in [0, 0.1) is 0 Å². The minimum atomic E-state index is -0.682. The van der Waals surface area contributed by atoms with Gasteiger partial charge in [0.05, 0.1) is 19.8 Å². The number of amides is 1. The summed E-state index contributed by atoms with van der Waals surface area (Å²) in [6, 6.07) is 13.4. The summed E-state index contributed by atoms with van der Waals surface area (Å²) < 4.78 is 15.3. The zero-order chi connectivity index (χ0) is 17.5. The highest BCUT2D eigenvalue weighted by Crippen LogP contribution is 2.18. The fraction of sp³-hybridized carbons (Fsp3) is 0.222. The van der Waals surface area contributed by atoms with Crippen molar-refractivity contribution in [2.75, 3.05) is 19.5 Å². The molecule has 0 unspecified atom stereocenters. The molecule has 0 spiro atoms.